The van der Waals surface area contributed by atoms with Crippen LogP contribution in [0.1, 0.15) is 36.5 Å². The van der Waals surface area contributed by atoms with Crippen LogP contribution in [0.15, 0.2) is 12.1 Å². The van der Waals surface area contributed by atoms with E-state index in [-0.39, 0.29) is 5.56 Å². The third-order valence-electron chi connectivity index (χ3n) is 3.00. The number of aryl methyl sites for hydroxylation is 2. The van der Waals surface area contributed by atoms with Crippen molar-refractivity contribution in [1.29, 1.82) is 0 Å². The second kappa shape index (κ2) is 4.04. The molecule has 0 atom stereocenters. The molecule has 0 unspecified atom stereocenters. The van der Waals surface area contributed by atoms with Gasteiger partial charge in [0, 0.05) is 0 Å². The topological polar surface area (TPSA) is 9.23 Å². The van der Waals surface area contributed by atoms with E-state index in [1.165, 1.54) is 0 Å². The molecule has 0 aromatic heterocycles. The number of ether oxygens (including phenoxy) is 1. The molecule has 3 heteroatoms. The summed E-state index contributed by atoms with van der Waals surface area (Å²) in [6.07, 6.45) is 2.65. The Morgan fingerprint density at radius 2 is 2.12 bits per heavy atom. The zero-order chi connectivity index (χ0) is 11.8. The molecule has 1 nitrogen and oxygen atoms in total. The quantitative estimate of drug-likeness (QED) is 0.761. The normalized spacial score (nSPS) is 17.0. The molecule has 1 aromatic rings. The van der Waals surface area contributed by atoms with E-state index in [0.29, 0.717) is 12.2 Å². The number of alkyl halides is 2. The number of fused-ring (bicyclic) bond motifs is 1. The van der Waals surface area contributed by atoms with Crippen molar-refractivity contribution in [3.05, 3.63) is 28.8 Å². The molecular weight excluding hydrogens is 210 g/mol. The standard InChI is InChI=1S/C13H16F2O/c1-3-4-5-10-7-6-9(2)12-11(10)13(14,15)8-16-12/h6-7H,3-5,8H2,1-2H3. The maximum atomic E-state index is 13.7. The molecule has 0 saturated carbocycles. The average molecular weight is 226 g/mol. The van der Waals surface area contributed by atoms with Gasteiger partial charge in [0.2, 0.25) is 0 Å². The lowest BCUT2D eigenvalue weighted by atomic mass is 9.96. The summed E-state index contributed by atoms with van der Waals surface area (Å²) < 4.78 is 32.5. The summed E-state index contributed by atoms with van der Waals surface area (Å²) in [7, 11) is 0. The van der Waals surface area contributed by atoms with Gasteiger partial charge < -0.3 is 4.74 Å². The highest BCUT2D eigenvalue weighted by molar-refractivity contribution is 5.51. The fraction of sp³-hybridized carbons (Fsp3) is 0.538. The van der Waals surface area contributed by atoms with Crippen molar-refractivity contribution in [3.8, 4) is 5.75 Å². The second-order valence-corrected chi connectivity index (χ2v) is 4.34. The monoisotopic (exact) mass is 226 g/mol. The molecule has 0 fully saturated rings. The van der Waals surface area contributed by atoms with Crippen LogP contribution in [0.5, 0.6) is 5.75 Å². The molecule has 0 aliphatic carbocycles. The number of halogens is 2. The Morgan fingerprint density at radius 3 is 2.81 bits per heavy atom. The van der Waals surface area contributed by atoms with Gasteiger partial charge in [0.15, 0.2) is 6.61 Å². The predicted molar refractivity (Wildman–Crippen MR) is 59.2 cm³/mol. The third kappa shape index (κ3) is 1.79. The van der Waals surface area contributed by atoms with Gasteiger partial charge in [0.1, 0.15) is 5.75 Å². The molecule has 1 heterocycles. The van der Waals surface area contributed by atoms with Crippen LogP contribution in [0, 0.1) is 6.92 Å². The summed E-state index contributed by atoms with van der Waals surface area (Å²) in [5, 5.41) is 0. The lowest BCUT2D eigenvalue weighted by Crippen LogP contribution is -2.16. The number of unbranched alkanes of at least 4 members (excludes halogenated alkanes) is 1. The molecule has 0 N–H and O–H groups in total. The largest absolute Gasteiger partial charge is 0.486 e. The van der Waals surface area contributed by atoms with Crippen molar-refractivity contribution in [1.82, 2.24) is 0 Å². The first-order valence-electron chi connectivity index (χ1n) is 5.70. The van der Waals surface area contributed by atoms with Gasteiger partial charge >= 0.3 is 5.92 Å². The van der Waals surface area contributed by atoms with Gasteiger partial charge in [-0.1, -0.05) is 25.5 Å². The Morgan fingerprint density at radius 1 is 1.38 bits per heavy atom. The molecule has 0 bridgehead atoms. The molecule has 2 rings (SSSR count). The number of benzene rings is 1. The van der Waals surface area contributed by atoms with Gasteiger partial charge in [0.25, 0.3) is 0 Å². The van der Waals surface area contributed by atoms with E-state index in [1.54, 1.807) is 0 Å². The minimum absolute atomic E-state index is 0.126. The molecule has 88 valence electrons. The minimum Gasteiger partial charge on any atom is -0.486 e. The van der Waals surface area contributed by atoms with E-state index in [2.05, 4.69) is 6.92 Å². The van der Waals surface area contributed by atoms with Gasteiger partial charge in [-0.2, -0.15) is 8.78 Å². The van der Waals surface area contributed by atoms with Crippen LogP contribution in [-0.2, 0) is 12.3 Å². The van der Waals surface area contributed by atoms with Crippen LogP contribution >= 0.6 is 0 Å². The molecule has 0 spiro atoms. The zero-order valence-electron chi connectivity index (χ0n) is 9.65. The van der Waals surface area contributed by atoms with Crippen molar-refractivity contribution >= 4 is 0 Å². The number of rotatable bonds is 3. The van der Waals surface area contributed by atoms with Gasteiger partial charge in [-0.25, -0.2) is 0 Å². The molecule has 1 aliphatic rings. The van der Waals surface area contributed by atoms with Crippen LogP contribution in [0.3, 0.4) is 0 Å². The fourth-order valence-electron chi connectivity index (χ4n) is 2.13. The lowest BCUT2D eigenvalue weighted by Gasteiger charge is -2.13. The van der Waals surface area contributed by atoms with Crippen molar-refractivity contribution in [2.45, 2.75) is 39.0 Å². The van der Waals surface area contributed by atoms with Gasteiger partial charge in [-0.3, -0.25) is 0 Å². The highest BCUT2D eigenvalue weighted by atomic mass is 19.3. The zero-order valence-corrected chi connectivity index (χ0v) is 9.65. The minimum atomic E-state index is -2.82. The second-order valence-electron chi connectivity index (χ2n) is 4.34. The Bertz CT molecular complexity index is 399. The average Bonchev–Trinajstić information content (AvgIpc) is 2.56. The highest BCUT2D eigenvalue weighted by Crippen LogP contribution is 2.45. The molecular formula is C13H16F2O. The van der Waals surface area contributed by atoms with E-state index in [9.17, 15) is 8.78 Å². The molecule has 0 saturated heterocycles. The third-order valence-corrected chi connectivity index (χ3v) is 3.00. The van der Waals surface area contributed by atoms with Crippen molar-refractivity contribution in [2.24, 2.45) is 0 Å². The fourth-order valence-corrected chi connectivity index (χ4v) is 2.13. The summed E-state index contributed by atoms with van der Waals surface area (Å²) >= 11 is 0. The Hall–Kier alpha value is -1.12. The smallest absolute Gasteiger partial charge is 0.310 e. The van der Waals surface area contributed by atoms with Crippen molar-refractivity contribution in [2.75, 3.05) is 6.61 Å². The predicted octanol–water partition coefficient (Wildman–Crippen LogP) is 3.82. The first-order valence-corrected chi connectivity index (χ1v) is 5.70. The number of hydrogen-bond donors (Lipinski definition) is 0. The summed E-state index contributed by atoms with van der Waals surface area (Å²) in [6, 6.07) is 3.68. The van der Waals surface area contributed by atoms with Gasteiger partial charge in [0.05, 0.1) is 5.56 Å². The van der Waals surface area contributed by atoms with E-state index in [0.717, 1.165) is 24.0 Å². The van der Waals surface area contributed by atoms with Gasteiger partial charge in [-0.15, -0.1) is 0 Å². The summed E-state index contributed by atoms with van der Waals surface area (Å²) in [5.41, 5.74) is 1.67. The van der Waals surface area contributed by atoms with E-state index < -0.39 is 12.5 Å². The maximum absolute atomic E-state index is 13.7. The Balaban J connectivity index is 2.44. The lowest BCUT2D eigenvalue weighted by molar-refractivity contribution is -0.0220. The molecule has 1 aromatic carbocycles. The summed E-state index contributed by atoms with van der Waals surface area (Å²) in [6.45, 7) is 3.36. The van der Waals surface area contributed by atoms with Crippen LogP contribution in [0.25, 0.3) is 0 Å². The molecule has 16 heavy (non-hydrogen) atoms. The van der Waals surface area contributed by atoms with E-state index >= 15 is 0 Å². The van der Waals surface area contributed by atoms with Crippen LogP contribution in [0.4, 0.5) is 8.78 Å². The maximum Gasteiger partial charge on any atom is 0.310 e. The SMILES string of the molecule is CCCCc1ccc(C)c2c1C(F)(F)CO2. The first kappa shape index (κ1) is 11.4. The summed E-state index contributed by atoms with van der Waals surface area (Å²) in [4.78, 5) is 0. The molecule has 0 amide bonds. The Kier molecular flexibility index (Phi) is 2.87. The first-order chi connectivity index (χ1) is 7.56. The molecule has 0 radical (unpaired) electrons. The molecule has 1 aliphatic heterocycles. The van der Waals surface area contributed by atoms with Crippen molar-refractivity contribution < 1.29 is 13.5 Å². The van der Waals surface area contributed by atoms with E-state index in [1.807, 2.05) is 19.1 Å². The van der Waals surface area contributed by atoms with E-state index in [4.69, 9.17) is 4.74 Å². The number of hydrogen-bond acceptors (Lipinski definition) is 1. The van der Waals surface area contributed by atoms with Crippen LogP contribution < -0.4 is 4.74 Å². The van der Waals surface area contributed by atoms with Crippen molar-refractivity contribution in [3.63, 3.8) is 0 Å². The van der Waals surface area contributed by atoms with Crippen LogP contribution in [0.2, 0.25) is 0 Å². The highest BCUT2D eigenvalue weighted by Gasteiger charge is 2.43. The summed E-state index contributed by atoms with van der Waals surface area (Å²) in [5.74, 6) is -2.41. The Labute approximate surface area is 94.4 Å². The van der Waals surface area contributed by atoms with Crippen LogP contribution in [-0.4, -0.2) is 6.61 Å². The van der Waals surface area contributed by atoms with Gasteiger partial charge in [-0.05, 0) is 30.9 Å².